The van der Waals surface area contributed by atoms with E-state index >= 15 is 0 Å². The number of rotatable bonds is 3. The van der Waals surface area contributed by atoms with Gasteiger partial charge in [0, 0.05) is 46.2 Å². The first-order valence-electron chi connectivity index (χ1n) is 4.27. The number of hydrogen-bond acceptors (Lipinski definition) is 2. The van der Waals surface area contributed by atoms with E-state index < -0.39 is 5.97 Å². The molecule has 0 spiro atoms. The van der Waals surface area contributed by atoms with Gasteiger partial charge in [0.15, 0.2) is 0 Å². The monoisotopic (exact) mass is 273 g/mol. The van der Waals surface area contributed by atoms with Gasteiger partial charge < -0.3 is 9.84 Å². The van der Waals surface area contributed by atoms with Crippen LogP contribution in [0.2, 0.25) is 10.0 Å². The molecule has 0 unspecified atom stereocenters. The number of carboxylic acid groups (broad SMARTS) is 1. The summed E-state index contributed by atoms with van der Waals surface area (Å²) in [5, 5.41) is 9.28. The minimum Gasteiger partial charge on any atom is -0.480 e. The molecule has 85 valence electrons. The summed E-state index contributed by atoms with van der Waals surface area (Å²) in [4.78, 5) is 9.63. The summed E-state index contributed by atoms with van der Waals surface area (Å²) in [6.45, 7) is 2.03. The average molecular weight is 274 g/mol. The zero-order chi connectivity index (χ0) is 11.7. The van der Waals surface area contributed by atoms with Crippen LogP contribution in [0, 0.1) is 0 Å². The van der Waals surface area contributed by atoms with Crippen molar-refractivity contribution in [3.63, 3.8) is 0 Å². The SMILES string of the molecule is CCOCC(=O)O.Clc1cccc(Cl)c1.[Na]. The molecule has 0 fully saturated rings. The second-order valence-corrected chi connectivity index (χ2v) is 3.34. The van der Waals surface area contributed by atoms with Gasteiger partial charge in [-0.3, -0.25) is 0 Å². The van der Waals surface area contributed by atoms with Gasteiger partial charge in [-0.15, -0.1) is 0 Å². The third kappa shape index (κ3) is 12.3. The molecule has 1 aromatic carbocycles. The Labute approximate surface area is 127 Å². The first-order chi connectivity index (χ1) is 7.06. The number of halogens is 2. The summed E-state index contributed by atoms with van der Waals surface area (Å²) in [5.74, 6) is -0.915. The fourth-order valence-corrected chi connectivity index (χ4v) is 1.09. The number of benzene rings is 1. The Balaban J connectivity index is 0. The van der Waals surface area contributed by atoms with Crippen molar-refractivity contribution in [1.29, 1.82) is 0 Å². The molecule has 1 N–H and O–H groups in total. The van der Waals surface area contributed by atoms with Gasteiger partial charge in [0.25, 0.3) is 0 Å². The van der Waals surface area contributed by atoms with Crippen LogP contribution in [-0.4, -0.2) is 53.8 Å². The second-order valence-electron chi connectivity index (χ2n) is 2.47. The first kappa shape index (κ1) is 18.6. The quantitative estimate of drug-likeness (QED) is 0.862. The van der Waals surface area contributed by atoms with Crippen molar-refractivity contribution in [1.82, 2.24) is 0 Å². The van der Waals surface area contributed by atoms with Crippen LogP contribution in [0.1, 0.15) is 6.92 Å². The Morgan fingerprint density at radius 3 is 2.06 bits per heavy atom. The van der Waals surface area contributed by atoms with E-state index in [1.165, 1.54) is 0 Å². The molecule has 0 saturated carbocycles. The molecule has 0 saturated heterocycles. The number of hydrogen-bond donors (Lipinski definition) is 1. The van der Waals surface area contributed by atoms with Crippen molar-refractivity contribution in [3.8, 4) is 0 Å². The molecular formula is C10H12Cl2NaO3. The fourth-order valence-electron chi connectivity index (χ4n) is 0.649. The molecule has 0 aliphatic heterocycles. The van der Waals surface area contributed by atoms with Gasteiger partial charge in [0.05, 0.1) is 0 Å². The minimum absolute atomic E-state index is 0. The number of ether oxygens (including phenoxy) is 1. The molecule has 1 rings (SSSR count). The maximum absolute atomic E-state index is 9.63. The molecule has 16 heavy (non-hydrogen) atoms. The summed E-state index contributed by atoms with van der Waals surface area (Å²) in [6.07, 6.45) is 0. The summed E-state index contributed by atoms with van der Waals surface area (Å²) >= 11 is 11.1. The number of carbonyl (C=O) groups is 1. The van der Waals surface area contributed by atoms with Crippen molar-refractivity contribution in [2.75, 3.05) is 13.2 Å². The third-order valence-electron chi connectivity index (χ3n) is 1.22. The normalized spacial score (nSPS) is 8.44. The van der Waals surface area contributed by atoms with Gasteiger partial charge in [0.2, 0.25) is 0 Å². The Kier molecular flexibility index (Phi) is 13.6. The Bertz CT molecular complexity index is 291. The van der Waals surface area contributed by atoms with Crippen molar-refractivity contribution in [3.05, 3.63) is 34.3 Å². The van der Waals surface area contributed by atoms with Crippen LogP contribution in [0.25, 0.3) is 0 Å². The minimum atomic E-state index is -0.915. The molecule has 3 nitrogen and oxygen atoms in total. The Hall–Kier alpha value is 0.230. The predicted octanol–water partition coefficient (Wildman–Crippen LogP) is 2.72. The van der Waals surface area contributed by atoms with E-state index in [-0.39, 0.29) is 36.2 Å². The number of aliphatic carboxylic acids is 1. The zero-order valence-corrected chi connectivity index (χ0v) is 12.8. The standard InChI is InChI=1S/C6H4Cl2.C4H8O3.Na/c7-5-2-1-3-6(8)4-5;1-2-7-3-4(5)6;/h1-4H;2-3H2,1H3,(H,5,6);. The van der Waals surface area contributed by atoms with E-state index in [1.54, 1.807) is 25.1 Å². The molecular weight excluding hydrogens is 262 g/mol. The first-order valence-corrected chi connectivity index (χ1v) is 5.02. The van der Waals surface area contributed by atoms with Crippen molar-refractivity contribution in [2.45, 2.75) is 6.92 Å². The van der Waals surface area contributed by atoms with Gasteiger partial charge in [-0.25, -0.2) is 4.79 Å². The Morgan fingerprint density at radius 2 is 1.88 bits per heavy atom. The summed E-state index contributed by atoms with van der Waals surface area (Å²) in [5.41, 5.74) is 0. The molecule has 0 aromatic heterocycles. The Morgan fingerprint density at radius 1 is 1.38 bits per heavy atom. The van der Waals surface area contributed by atoms with Gasteiger partial charge >= 0.3 is 5.97 Å². The maximum atomic E-state index is 9.63. The van der Waals surface area contributed by atoms with Crippen LogP contribution in [0.15, 0.2) is 24.3 Å². The average Bonchev–Trinajstić information content (AvgIpc) is 2.15. The molecule has 0 amide bonds. The van der Waals surface area contributed by atoms with Gasteiger partial charge in [-0.05, 0) is 25.1 Å². The summed E-state index contributed by atoms with van der Waals surface area (Å²) < 4.78 is 4.50. The second kappa shape index (κ2) is 11.7. The van der Waals surface area contributed by atoms with Gasteiger partial charge in [-0.2, -0.15) is 0 Å². The van der Waals surface area contributed by atoms with Gasteiger partial charge in [-0.1, -0.05) is 29.3 Å². The topological polar surface area (TPSA) is 46.5 Å². The maximum Gasteiger partial charge on any atom is 0.329 e. The zero-order valence-electron chi connectivity index (χ0n) is 9.24. The molecule has 0 aliphatic carbocycles. The van der Waals surface area contributed by atoms with E-state index in [2.05, 4.69) is 4.74 Å². The van der Waals surface area contributed by atoms with E-state index in [9.17, 15) is 4.79 Å². The van der Waals surface area contributed by atoms with Crippen molar-refractivity contribution >= 4 is 58.7 Å². The van der Waals surface area contributed by atoms with Crippen LogP contribution in [-0.2, 0) is 9.53 Å². The van der Waals surface area contributed by atoms with Gasteiger partial charge in [0.1, 0.15) is 6.61 Å². The molecule has 0 atom stereocenters. The van der Waals surface area contributed by atoms with Crippen molar-refractivity contribution < 1.29 is 14.6 Å². The molecule has 0 heterocycles. The van der Waals surface area contributed by atoms with E-state index in [4.69, 9.17) is 28.3 Å². The fraction of sp³-hybridized carbons (Fsp3) is 0.300. The largest absolute Gasteiger partial charge is 0.480 e. The molecule has 0 bridgehead atoms. The van der Waals surface area contributed by atoms with Crippen LogP contribution in [0.4, 0.5) is 0 Å². The summed E-state index contributed by atoms with van der Waals surface area (Å²) in [7, 11) is 0. The molecule has 1 aromatic rings. The van der Waals surface area contributed by atoms with Crippen LogP contribution in [0.3, 0.4) is 0 Å². The predicted molar refractivity (Wildman–Crippen MR) is 66.3 cm³/mol. The third-order valence-corrected chi connectivity index (χ3v) is 1.69. The van der Waals surface area contributed by atoms with E-state index in [0.29, 0.717) is 16.7 Å². The van der Waals surface area contributed by atoms with Crippen LogP contribution >= 0.6 is 23.2 Å². The van der Waals surface area contributed by atoms with E-state index in [0.717, 1.165) is 0 Å². The molecule has 6 heteroatoms. The van der Waals surface area contributed by atoms with E-state index in [1.807, 2.05) is 6.07 Å². The van der Waals surface area contributed by atoms with Crippen LogP contribution in [0.5, 0.6) is 0 Å². The van der Waals surface area contributed by atoms with Crippen molar-refractivity contribution in [2.24, 2.45) is 0 Å². The smallest absolute Gasteiger partial charge is 0.329 e. The molecule has 0 aliphatic rings. The van der Waals surface area contributed by atoms with Crippen LogP contribution < -0.4 is 0 Å². The summed E-state index contributed by atoms with van der Waals surface area (Å²) in [6, 6.07) is 7.08. The molecule has 1 radical (unpaired) electrons. The number of carboxylic acids is 1.